The number of aliphatic hydroxyl groups is 1. The first-order valence-corrected chi connectivity index (χ1v) is 4.06. The summed E-state index contributed by atoms with van der Waals surface area (Å²) in [6, 6.07) is 1.89. The highest BCUT2D eigenvalue weighted by Gasteiger charge is 2.20. The Morgan fingerprint density at radius 1 is 1.80 bits per heavy atom. The van der Waals surface area contributed by atoms with Crippen molar-refractivity contribution in [2.75, 3.05) is 6.54 Å². The van der Waals surface area contributed by atoms with Crippen LogP contribution in [0.5, 0.6) is 0 Å². The van der Waals surface area contributed by atoms with Gasteiger partial charge < -0.3 is 10.8 Å². The molecule has 56 valence electrons. The van der Waals surface area contributed by atoms with E-state index in [-0.39, 0.29) is 6.54 Å². The lowest BCUT2D eigenvalue weighted by atomic mass is 10.0. The summed E-state index contributed by atoms with van der Waals surface area (Å²) in [6.45, 7) is 1.98. The van der Waals surface area contributed by atoms with Crippen LogP contribution in [-0.4, -0.2) is 11.7 Å². The summed E-state index contributed by atoms with van der Waals surface area (Å²) in [5.41, 5.74) is 5.41. The first-order valence-electron chi connectivity index (χ1n) is 3.12. The lowest BCUT2D eigenvalue weighted by molar-refractivity contribution is 0.0673. The molecule has 0 saturated heterocycles. The van der Waals surface area contributed by atoms with Crippen molar-refractivity contribution in [3.8, 4) is 0 Å². The molecule has 1 unspecified atom stereocenters. The molecule has 0 spiro atoms. The largest absolute Gasteiger partial charge is 0.384 e. The quantitative estimate of drug-likeness (QED) is 0.670. The molecular weight excluding hydrogens is 146 g/mol. The normalized spacial score (nSPS) is 16.7. The lowest BCUT2D eigenvalue weighted by Crippen LogP contribution is -2.30. The zero-order valence-corrected chi connectivity index (χ0v) is 6.69. The van der Waals surface area contributed by atoms with E-state index < -0.39 is 5.60 Å². The van der Waals surface area contributed by atoms with Crippen molar-refractivity contribution in [2.24, 2.45) is 5.73 Å². The molecule has 0 bridgehead atoms. The van der Waals surface area contributed by atoms with Gasteiger partial charge >= 0.3 is 0 Å². The Hall–Kier alpha value is -0.380. The minimum absolute atomic E-state index is 0.268. The van der Waals surface area contributed by atoms with E-state index >= 15 is 0 Å². The van der Waals surface area contributed by atoms with Crippen molar-refractivity contribution in [1.82, 2.24) is 0 Å². The monoisotopic (exact) mass is 157 g/mol. The highest BCUT2D eigenvalue weighted by atomic mass is 32.1. The fourth-order valence-electron chi connectivity index (χ4n) is 0.689. The molecule has 0 aliphatic carbocycles. The van der Waals surface area contributed by atoms with Gasteiger partial charge in [0.05, 0.1) is 5.60 Å². The number of thiophene rings is 1. The van der Waals surface area contributed by atoms with E-state index in [1.54, 1.807) is 18.3 Å². The Morgan fingerprint density at radius 3 is 2.90 bits per heavy atom. The first kappa shape index (κ1) is 7.72. The molecule has 0 fully saturated rings. The third-order valence-electron chi connectivity index (χ3n) is 1.54. The van der Waals surface area contributed by atoms with E-state index in [4.69, 9.17) is 5.73 Å². The maximum Gasteiger partial charge on any atom is 0.0998 e. The summed E-state index contributed by atoms with van der Waals surface area (Å²) >= 11 is 1.57. The van der Waals surface area contributed by atoms with Crippen molar-refractivity contribution in [2.45, 2.75) is 12.5 Å². The summed E-state index contributed by atoms with van der Waals surface area (Å²) in [5, 5.41) is 13.4. The molecule has 1 rings (SSSR count). The second-order valence-corrected chi connectivity index (χ2v) is 3.27. The molecule has 3 N–H and O–H groups in total. The van der Waals surface area contributed by atoms with Gasteiger partial charge in [0.15, 0.2) is 0 Å². The molecule has 0 radical (unpaired) electrons. The van der Waals surface area contributed by atoms with Gasteiger partial charge in [-0.3, -0.25) is 0 Å². The fraction of sp³-hybridized carbons (Fsp3) is 0.429. The molecular formula is C7H11NOS. The molecule has 2 nitrogen and oxygen atoms in total. The lowest BCUT2D eigenvalue weighted by Gasteiger charge is -2.19. The minimum Gasteiger partial charge on any atom is -0.384 e. The first-order chi connectivity index (χ1) is 4.67. The maximum atomic E-state index is 9.57. The van der Waals surface area contributed by atoms with Crippen LogP contribution in [0.2, 0.25) is 0 Å². The van der Waals surface area contributed by atoms with Crippen LogP contribution >= 0.6 is 11.3 Å². The molecule has 1 atom stereocenters. The Morgan fingerprint density at radius 2 is 2.50 bits per heavy atom. The van der Waals surface area contributed by atoms with Gasteiger partial charge in [0.25, 0.3) is 0 Å². The van der Waals surface area contributed by atoms with Gasteiger partial charge in [-0.1, -0.05) is 0 Å². The SMILES string of the molecule is CC(O)(CN)c1ccsc1. The number of nitrogens with two attached hydrogens (primary N) is 1. The molecule has 10 heavy (non-hydrogen) atoms. The zero-order chi connectivity index (χ0) is 7.61. The van der Waals surface area contributed by atoms with Crippen LogP contribution in [0.3, 0.4) is 0 Å². The third kappa shape index (κ3) is 1.37. The molecule has 3 heteroatoms. The molecule has 0 aliphatic rings. The topological polar surface area (TPSA) is 46.2 Å². The van der Waals surface area contributed by atoms with Gasteiger partial charge in [0.2, 0.25) is 0 Å². The van der Waals surface area contributed by atoms with Gasteiger partial charge in [-0.15, -0.1) is 0 Å². The minimum atomic E-state index is -0.847. The molecule has 0 aliphatic heterocycles. The standard InChI is InChI=1S/C7H11NOS/c1-7(9,5-8)6-2-3-10-4-6/h2-4,9H,5,8H2,1H3. The van der Waals surface area contributed by atoms with Gasteiger partial charge in [0.1, 0.15) is 0 Å². The van der Waals surface area contributed by atoms with E-state index in [9.17, 15) is 5.11 Å². The van der Waals surface area contributed by atoms with Gasteiger partial charge in [0, 0.05) is 6.54 Å². The van der Waals surface area contributed by atoms with Crippen molar-refractivity contribution in [3.05, 3.63) is 22.4 Å². The molecule has 0 aromatic carbocycles. The van der Waals surface area contributed by atoms with Gasteiger partial charge in [-0.2, -0.15) is 11.3 Å². The van der Waals surface area contributed by atoms with E-state index in [0.717, 1.165) is 5.56 Å². The second kappa shape index (κ2) is 2.70. The molecule has 1 aromatic heterocycles. The van der Waals surface area contributed by atoms with Crippen LogP contribution in [0, 0.1) is 0 Å². The van der Waals surface area contributed by atoms with Crippen LogP contribution in [0.1, 0.15) is 12.5 Å². The van der Waals surface area contributed by atoms with E-state index in [1.807, 2.05) is 16.8 Å². The molecule has 1 aromatic rings. The van der Waals surface area contributed by atoms with Crippen molar-refractivity contribution in [1.29, 1.82) is 0 Å². The fourth-order valence-corrected chi connectivity index (χ4v) is 1.47. The summed E-state index contributed by atoms with van der Waals surface area (Å²) in [7, 11) is 0. The zero-order valence-electron chi connectivity index (χ0n) is 5.87. The average molecular weight is 157 g/mol. The van der Waals surface area contributed by atoms with E-state index in [2.05, 4.69) is 0 Å². The van der Waals surface area contributed by atoms with E-state index in [1.165, 1.54) is 0 Å². The predicted molar refractivity (Wildman–Crippen MR) is 42.9 cm³/mol. The summed E-state index contributed by atoms with van der Waals surface area (Å²) in [5.74, 6) is 0. The van der Waals surface area contributed by atoms with Crippen molar-refractivity contribution >= 4 is 11.3 Å². The van der Waals surface area contributed by atoms with Crippen molar-refractivity contribution in [3.63, 3.8) is 0 Å². The number of rotatable bonds is 2. The number of hydrogen-bond acceptors (Lipinski definition) is 3. The van der Waals surface area contributed by atoms with E-state index in [0.29, 0.717) is 0 Å². The van der Waals surface area contributed by atoms with Crippen molar-refractivity contribution < 1.29 is 5.11 Å². The Balaban J connectivity index is 2.85. The van der Waals surface area contributed by atoms with Gasteiger partial charge in [-0.25, -0.2) is 0 Å². The summed E-state index contributed by atoms with van der Waals surface area (Å²) < 4.78 is 0. The number of hydrogen-bond donors (Lipinski definition) is 2. The average Bonchev–Trinajstić information content (AvgIpc) is 2.38. The Bertz CT molecular complexity index is 193. The predicted octanol–water partition coefficient (Wildman–Crippen LogP) is 0.914. The molecule has 1 heterocycles. The smallest absolute Gasteiger partial charge is 0.0998 e. The molecule has 0 amide bonds. The summed E-state index contributed by atoms with van der Waals surface area (Å²) in [4.78, 5) is 0. The van der Waals surface area contributed by atoms with Crippen LogP contribution < -0.4 is 5.73 Å². The second-order valence-electron chi connectivity index (χ2n) is 2.49. The van der Waals surface area contributed by atoms with Crippen LogP contribution in [0.25, 0.3) is 0 Å². The maximum absolute atomic E-state index is 9.57. The van der Waals surface area contributed by atoms with Crippen LogP contribution in [0.15, 0.2) is 16.8 Å². The van der Waals surface area contributed by atoms with Gasteiger partial charge in [-0.05, 0) is 29.3 Å². The third-order valence-corrected chi connectivity index (χ3v) is 2.22. The highest BCUT2D eigenvalue weighted by Crippen LogP contribution is 2.20. The van der Waals surface area contributed by atoms with Crippen LogP contribution in [-0.2, 0) is 5.60 Å². The summed E-state index contributed by atoms with van der Waals surface area (Å²) in [6.07, 6.45) is 0. The Kier molecular flexibility index (Phi) is 2.08. The Labute approximate surface area is 64.3 Å². The molecule has 0 saturated carbocycles. The van der Waals surface area contributed by atoms with Crippen LogP contribution in [0.4, 0.5) is 0 Å². The highest BCUT2D eigenvalue weighted by molar-refractivity contribution is 7.08.